The van der Waals surface area contributed by atoms with Gasteiger partial charge in [0.05, 0.1) is 26.4 Å². The van der Waals surface area contributed by atoms with Gasteiger partial charge in [0.2, 0.25) is 0 Å². The summed E-state index contributed by atoms with van der Waals surface area (Å²) in [6, 6.07) is 0. The number of aliphatic hydroxyl groups is 1. The Labute approximate surface area is 575 Å². The van der Waals surface area contributed by atoms with Gasteiger partial charge in [0, 0.05) is 25.7 Å². The van der Waals surface area contributed by atoms with Crippen molar-refractivity contribution in [2.45, 2.75) is 407 Å². The number of carbonyl (C=O) groups is 4. The zero-order chi connectivity index (χ0) is 69.3. The molecule has 2 unspecified atom stereocenters. The molecule has 0 amide bonds. The molecule has 17 nitrogen and oxygen atoms in total. The maximum absolute atomic E-state index is 13.1. The summed E-state index contributed by atoms with van der Waals surface area (Å²) in [6.45, 7) is 9.57. The molecule has 0 aromatic carbocycles. The number of rotatable bonds is 74. The fraction of sp³-hybridized carbons (Fsp3) is 0.947. The third-order valence-corrected chi connectivity index (χ3v) is 19.4. The molecule has 94 heavy (non-hydrogen) atoms. The minimum absolute atomic E-state index is 0.107. The fourth-order valence-corrected chi connectivity index (χ4v) is 13.1. The summed E-state index contributed by atoms with van der Waals surface area (Å²) in [5.41, 5.74) is 0. The number of unbranched alkanes of at least 4 members (excludes halogenated alkanes) is 44. The van der Waals surface area contributed by atoms with E-state index in [0.29, 0.717) is 25.7 Å². The lowest BCUT2D eigenvalue weighted by Crippen LogP contribution is -2.30. The molecule has 558 valence electrons. The minimum atomic E-state index is -4.96. The summed E-state index contributed by atoms with van der Waals surface area (Å²) in [5.74, 6) is -0.607. The van der Waals surface area contributed by atoms with Crippen LogP contribution in [-0.4, -0.2) is 96.7 Å². The molecule has 3 N–H and O–H groups in total. The number of hydrogen-bond donors (Lipinski definition) is 3. The van der Waals surface area contributed by atoms with E-state index in [1.165, 1.54) is 205 Å². The van der Waals surface area contributed by atoms with Crippen LogP contribution in [0.5, 0.6) is 0 Å². The normalized spacial score (nSPS) is 14.0. The third kappa shape index (κ3) is 68.6. The van der Waals surface area contributed by atoms with Crippen LogP contribution in [0.25, 0.3) is 0 Å². The molecule has 0 heterocycles. The van der Waals surface area contributed by atoms with E-state index in [9.17, 15) is 43.2 Å². The number of phosphoric acid groups is 2. The highest BCUT2D eigenvalue weighted by Gasteiger charge is 2.30. The molecule has 19 heteroatoms. The molecule has 0 rings (SSSR count). The van der Waals surface area contributed by atoms with E-state index in [2.05, 4.69) is 41.5 Å². The Morgan fingerprint density at radius 3 is 0.723 bits per heavy atom. The molecule has 0 aliphatic heterocycles. The number of hydrogen-bond acceptors (Lipinski definition) is 15. The summed E-state index contributed by atoms with van der Waals surface area (Å²) in [7, 11) is -9.91. The Morgan fingerprint density at radius 1 is 0.287 bits per heavy atom. The van der Waals surface area contributed by atoms with Gasteiger partial charge in [0.25, 0.3) is 0 Å². The second-order valence-electron chi connectivity index (χ2n) is 28.0. The van der Waals surface area contributed by atoms with Gasteiger partial charge >= 0.3 is 39.5 Å². The highest BCUT2D eigenvalue weighted by atomic mass is 31.2. The molecule has 0 saturated heterocycles. The lowest BCUT2D eigenvalue weighted by molar-refractivity contribution is -0.161. The molecule has 0 bridgehead atoms. The van der Waals surface area contributed by atoms with Crippen molar-refractivity contribution in [1.82, 2.24) is 0 Å². The van der Waals surface area contributed by atoms with Crippen molar-refractivity contribution in [2.75, 3.05) is 39.6 Å². The van der Waals surface area contributed by atoms with E-state index in [0.717, 1.165) is 102 Å². The van der Waals surface area contributed by atoms with Crippen molar-refractivity contribution in [1.29, 1.82) is 0 Å². The highest BCUT2D eigenvalue weighted by Crippen LogP contribution is 2.45. The van der Waals surface area contributed by atoms with E-state index < -0.39 is 97.5 Å². The van der Waals surface area contributed by atoms with Gasteiger partial charge in [-0.05, 0) is 37.5 Å². The van der Waals surface area contributed by atoms with Crippen LogP contribution in [0, 0.1) is 11.8 Å². The molecular weight excluding hydrogens is 1230 g/mol. The molecular formula is C75H146O17P2. The first kappa shape index (κ1) is 92.1. The molecule has 5 atom stereocenters. The number of phosphoric ester groups is 2. The second-order valence-corrected chi connectivity index (χ2v) is 30.9. The zero-order valence-corrected chi connectivity index (χ0v) is 63.1. The number of aliphatic hydroxyl groups excluding tert-OH is 1. The van der Waals surface area contributed by atoms with Crippen LogP contribution in [0.3, 0.4) is 0 Å². The Balaban J connectivity index is 5.25. The molecule has 0 radical (unpaired) electrons. The van der Waals surface area contributed by atoms with Gasteiger partial charge in [0.1, 0.15) is 19.3 Å². The van der Waals surface area contributed by atoms with Crippen LogP contribution in [0.15, 0.2) is 0 Å². The third-order valence-electron chi connectivity index (χ3n) is 17.5. The maximum atomic E-state index is 13.1. The van der Waals surface area contributed by atoms with Crippen LogP contribution < -0.4 is 0 Å². The largest absolute Gasteiger partial charge is 0.472 e. The number of esters is 4. The van der Waals surface area contributed by atoms with Crippen LogP contribution in [0.4, 0.5) is 0 Å². The van der Waals surface area contributed by atoms with Crippen molar-refractivity contribution < 1.29 is 80.2 Å². The minimum Gasteiger partial charge on any atom is -0.462 e. The second kappa shape index (κ2) is 66.9. The molecule has 0 saturated carbocycles. The summed E-state index contributed by atoms with van der Waals surface area (Å²) < 4.78 is 68.5. The van der Waals surface area contributed by atoms with Crippen molar-refractivity contribution in [3.63, 3.8) is 0 Å². The molecule has 0 fully saturated rings. The molecule has 0 aromatic heterocycles. The van der Waals surface area contributed by atoms with E-state index in [1.54, 1.807) is 0 Å². The van der Waals surface area contributed by atoms with Gasteiger partial charge in [-0.15, -0.1) is 0 Å². The number of carbonyl (C=O) groups excluding carboxylic acids is 4. The Hall–Kier alpha value is -1.94. The summed E-state index contributed by atoms with van der Waals surface area (Å²) in [4.78, 5) is 72.8. The van der Waals surface area contributed by atoms with Gasteiger partial charge in [-0.1, -0.05) is 337 Å². The van der Waals surface area contributed by atoms with Gasteiger partial charge in [0.15, 0.2) is 12.2 Å². The zero-order valence-electron chi connectivity index (χ0n) is 61.3. The van der Waals surface area contributed by atoms with Crippen molar-refractivity contribution >= 4 is 39.5 Å². The fourth-order valence-electron chi connectivity index (χ4n) is 11.5. The molecule has 0 aromatic rings. The first-order chi connectivity index (χ1) is 45.4. The predicted molar refractivity (Wildman–Crippen MR) is 381 cm³/mol. The summed E-state index contributed by atoms with van der Waals surface area (Å²) in [6.07, 6.45) is 54.0. The maximum Gasteiger partial charge on any atom is 0.472 e. The van der Waals surface area contributed by atoms with E-state index in [1.807, 2.05) is 0 Å². The first-order valence-corrected chi connectivity index (χ1v) is 42.0. The van der Waals surface area contributed by atoms with Crippen LogP contribution >= 0.6 is 15.6 Å². The summed E-state index contributed by atoms with van der Waals surface area (Å²) >= 11 is 0. The molecule has 0 aliphatic carbocycles. The van der Waals surface area contributed by atoms with Crippen LogP contribution in [-0.2, 0) is 65.4 Å². The SMILES string of the molecule is CCCCCCCCCCCCCCCCCCC(=O)O[C@H](COC(=O)CCCCCCCCCCCCCCC(C)C)COP(=O)(O)OC[C@@H](O)COP(=O)(O)OC[C@@H](COC(=O)CCCCCCCCCCC(C)C)OC(=O)CCCCCCCCCCCCCC. The van der Waals surface area contributed by atoms with Crippen LogP contribution in [0.1, 0.15) is 388 Å². The Kier molecular flexibility index (Phi) is 65.5. The van der Waals surface area contributed by atoms with Gasteiger partial charge < -0.3 is 33.8 Å². The average Bonchev–Trinajstić information content (AvgIpc) is 1.65. The summed E-state index contributed by atoms with van der Waals surface area (Å²) in [5, 5.41) is 10.6. The highest BCUT2D eigenvalue weighted by molar-refractivity contribution is 7.47. The lowest BCUT2D eigenvalue weighted by Gasteiger charge is -2.21. The molecule has 0 aliphatic rings. The van der Waals surface area contributed by atoms with Crippen LogP contribution in [0.2, 0.25) is 0 Å². The van der Waals surface area contributed by atoms with Gasteiger partial charge in [-0.3, -0.25) is 37.3 Å². The monoisotopic (exact) mass is 1380 g/mol. The van der Waals surface area contributed by atoms with Gasteiger partial charge in [-0.25, -0.2) is 9.13 Å². The predicted octanol–water partition coefficient (Wildman–Crippen LogP) is 21.9. The van der Waals surface area contributed by atoms with Crippen molar-refractivity contribution in [3.8, 4) is 0 Å². The quantitative estimate of drug-likeness (QED) is 0.0222. The van der Waals surface area contributed by atoms with E-state index in [4.69, 9.17) is 37.0 Å². The topological polar surface area (TPSA) is 237 Å². The first-order valence-electron chi connectivity index (χ1n) is 39.0. The number of ether oxygens (including phenoxy) is 4. The lowest BCUT2D eigenvalue weighted by atomic mass is 10.0. The molecule has 0 spiro atoms. The average molecular weight is 1380 g/mol. The smallest absolute Gasteiger partial charge is 0.462 e. The van der Waals surface area contributed by atoms with Crippen molar-refractivity contribution in [2.24, 2.45) is 11.8 Å². The Bertz CT molecular complexity index is 1820. The van der Waals surface area contributed by atoms with Crippen molar-refractivity contribution in [3.05, 3.63) is 0 Å². The van der Waals surface area contributed by atoms with E-state index in [-0.39, 0.29) is 25.7 Å². The van der Waals surface area contributed by atoms with Gasteiger partial charge in [-0.2, -0.15) is 0 Å². The van der Waals surface area contributed by atoms with E-state index >= 15 is 0 Å². The standard InChI is InChI=1S/C75H146O17P2/c1-7-9-11-13-15-17-19-21-22-23-24-30-34-42-48-54-60-75(80)91-70(63-85-72(77)57-51-45-39-32-29-26-25-27-31-37-43-49-55-67(3)4)65-89-93(81,82)87-61-69(76)62-88-94(83,84)90-66-71(64-86-73(78)58-52-46-40-36-35-38-44-50-56-68(5)6)92-74(79)59-53-47-41-33-28-20-18-16-14-12-10-8-2/h67-71,76H,7-66H2,1-6H3,(H,81,82)(H,83,84)/t69-,70-,71-/m1/s1. The Morgan fingerprint density at radius 2 is 0.489 bits per heavy atom.